The molecule has 0 fully saturated rings. The molecule has 0 radical (unpaired) electrons. The zero-order valence-corrected chi connectivity index (χ0v) is 9.59. The van der Waals surface area contributed by atoms with E-state index >= 15 is 0 Å². The van der Waals surface area contributed by atoms with Crippen molar-refractivity contribution in [3.05, 3.63) is 48.8 Å². The van der Waals surface area contributed by atoms with Gasteiger partial charge in [-0.05, 0) is 10.8 Å². The molecule has 0 amide bonds. The average molecular weight is 223 g/mol. The number of nitrogens with two attached hydrogens (primary N) is 1. The van der Waals surface area contributed by atoms with E-state index < -0.39 is 0 Å². The van der Waals surface area contributed by atoms with Crippen LogP contribution in [0, 0.1) is 0 Å². The molecule has 3 heteroatoms. The van der Waals surface area contributed by atoms with Crippen LogP contribution in [0.25, 0.3) is 22.0 Å². The smallest absolute Gasteiger partial charge is 0.131 e. The summed E-state index contributed by atoms with van der Waals surface area (Å²) in [6.07, 6.45) is 1.74. The van der Waals surface area contributed by atoms with Crippen LogP contribution in [0.5, 0.6) is 0 Å². The minimum Gasteiger partial charge on any atom is -0.383 e. The van der Waals surface area contributed by atoms with E-state index in [9.17, 15) is 0 Å². The Bertz CT molecular complexity index is 678. The van der Waals surface area contributed by atoms with Crippen LogP contribution in [0.2, 0.25) is 0 Å². The van der Waals surface area contributed by atoms with Gasteiger partial charge in [-0.3, -0.25) is 0 Å². The van der Waals surface area contributed by atoms with Gasteiger partial charge in [-0.2, -0.15) is 0 Å². The molecule has 0 aliphatic heterocycles. The number of rotatable bonds is 1. The maximum atomic E-state index is 6.03. The van der Waals surface area contributed by atoms with Crippen LogP contribution in [0.1, 0.15) is 0 Å². The summed E-state index contributed by atoms with van der Waals surface area (Å²) in [5.74, 6) is 0.696. The van der Waals surface area contributed by atoms with Gasteiger partial charge in [0.2, 0.25) is 0 Å². The summed E-state index contributed by atoms with van der Waals surface area (Å²) in [7, 11) is 1.90. The van der Waals surface area contributed by atoms with Gasteiger partial charge >= 0.3 is 0 Å². The van der Waals surface area contributed by atoms with Gasteiger partial charge in [0.1, 0.15) is 11.5 Å². The molecule has 0 spiro atoms. The Morgan fingerprint density at radius 2 is 1.82 bits per heavy atom. The minimum absolute atomic E-state index is 0.696. The zero-order valence-electron chi connectivity index (χ0n) is 9.59. The first-order chi connectivity index (χ1) is 8.27. The molecule has 2 aromatic carbocycles. The second-order valence-electron chi connectivity index (χ2n) is 4.12. The number of aryl methyl sites for hydroxylation is 1. The van der Waals surface area contributed by atoms with E-state index in [-0.39, 0.29) is 0 Å². The third-order valence-corrected chi connectivity index (χ3v) is 3.03. The average Bonchev–Trinajstić information content (AvgIpc) is 2.69. The molecule has 0 aliphatic rings. The lowest BCUT2D eigenvalue weighted by atomic mass is 10.0. The summed E-state index contributed by atoms with van der Waals surface area (Å²) in [6, 6.07) is 14.4. The summed E-state index contributed by atoms with van der Waals surface area (Å²) in [6.45, 7) is 0. The van der Waals surface area contributed by atoms with Crippen LogP contribution in [0.15, 0.2) is 48.8 Å². The van der Waals surface area contributed by atoms with Gasteiger partial charge in [0.25, 0.3) is 0 Å². The first-order valence-corrected chi connectivity index (χ1v) is 5.52. The van der Waals surface area contributed by atoms with E-state index in [0.717, 1.165) is 11.3 Å². The van der Waals surface area contributed by atoms with Crippen LogP contribution in [-0.4, -0.2) is 9.55 Å². The molecule has 0 aliphatic carbocycles. The normalized spacial score (nSPS) is 10.9. The van der Waals surface area contributed by atoms with Gasteiger partial charge in [-0.1, -0.05) is 42.5 Å². The molecule has 0 saturated carbocycles. The van der Waals surface area contributed by atoms with Crippen molar-refractivity contribution in [1.29, 1.82) is 0 Å². The molecule has 3 nitrogen and oxygen atoms in total. The first kappa shape index (κ1) is 9.90. The second-order valence-corrected chi connectivity index (χ2v) is 4.12. The van der Waals surface area contributed by atoms with Gasteiger partial charge in [0.15, 0.2) is 0 Å². The highest BCUT2D eigenvalue weighted by Crippen LogP contribution is 2.30. The Hall–Kier alpha value is -2.29. The van der Waals surface area contributed by atoms with Crippen LogP contribution >= 0.6 is 0 Å². The monoisotopic (exact) mass is 223 g/mol. The van der Waals surface area contributed by atoms with Gasteiger partial charge in [0, 0.05) is 12.6 Å². The number of benzene rings is 2. The lowest BCUT2D eigenvalue weighted by Gasteiger charge is -2.05. The van der Waals surface area contributed by atoms with Crippen molar-refractivity contribution in [2.75, 3.05) is 5.73 Å². The van der Waals surface area contributed by atoms with E-state index in [1.165, 1.54) is 10.8 Å². The fourth-order valence-corrected chi connectivity index (χ4v) is 2.08. The predicted octanol–water partition coefficient (Wildman–Crippen LogP) is 2.82. The summed E-state index contributed by atoms with van der Waals surface area (Å²) < 4.78 is 1.83. The van der Waals surface area contributed by atoms with Crippen molar-refractivity contribution in [2.24, 2.45) is 7.05 Å². The fourth-order valence-electron chi connectivity index (χ4n) is 2.08. The van der Waals surface area contributed by atoms with Crippen molar-refractivity contribution in [1.82, 2.24) is 9.55 Å². The largest absolute Gasteiger partial charge is 0.383 e. The number of hydrogen-bond acceptors (Lipinski definition) is 2. The lowest BCUT2D eigenvalue weighted by molar-refractivity contribution is 0.925. The molecule has 3 aromatic rings. The predicted molar refractivity (Wildman–Crippen MR) is 70.6 cm³/mol. The van der Waals surface area contributed by atoms with E-state index in [2.05, 4.69) is 29.2 Å². The molecule has 0 unspecified atom stereocenters. The van der Waals surface area contributed by atoms with E-state index in [1.54, 1.807) is 6.33 Å². The maximum absolute atomic E-state index is 6.03. The number of fused-ring (bicyclic) bond motifs is 1. The molecule has 17 heavy (non-hydrogen) atoms. The molecule has 0 bridgehead atoms. The molecular weight excluding hydrogens is 210 g/mol. The highest BCUT2D eigenvalue weighted by molar-refractivity contribution is 5.97. The third-order valence-electron chi connectivity index (χ3n) is 3.03. The van der Waals surface area contributed by atoms with Crippen LogP contribution in [0.4, 0.5) is 5.82 Å². The highest BCUT2D eigenvalue weighted by atomic mass is 15.1. The molecule has 2 N–H and O–H groups in total. The molecular formula is C14H13N3. The summed E-state index contributed by atoms with van der Waals surface area (Å²) in [4.78, 5) is 4.37. The minimum atomic E-state index is 0.696. The van der Waals surface area contributed by atoms with E-state index in [4.69, 9.17) is 5.73 Å². The van der Waals surface area contributed by atoms with Crippen molar-refractivity contribution in [3.63, 3.8) is 0 Å². The van der Waals surface area contributed by atoms with Crippen molar-refractivity contribution < 1.29 is 0 Å². The Morgan fingerprint density at radius 1 is 1.06 bits per heavy atom. The first-order valence-electron chi connectivity index (χ1n) is 5.52. The maximum Gasteiger partial charge on any atom is 0.131 e. The number of aromatic nitrogens is 2. The van der Waals surface area contributed by atoms with Gasteiger partial charge in [-0.25, -0.2) is 4.98 Å². The summed E-state index contributed by atoms with van der Waals surface area (Å²) in [5, 5.41) is 2.38. The molecule has 0 saturated heterocycles. The highest BCUT2D eigenvalue weighted by Gasteiger charge is 2.10. The van der Waals surface area contributed by atoms with Gasteiger partial charge in [0.05, 0.1) is 6.33 Å². The molecule has 1 aromatic heterocycles. The standard InChI is InChI=1S/C14H13N3/c1-17-9-16-13(14(17)15)12-8-4-6-10-5-2-3-7-11(10)12/h2-9H,15H2,1H3. The van der Waals surface area contributed by atoms with Crippen LogP contribution in [0.3, 0.4) is 0 Å². The van der Waals surface area contributed by atoms with Crippen molar-refractivity contribution >= 4 is 16.6 Å². The topological polar surface area (TPSA) is 43.8 Å². The fraction of sp³-hybridized carbons (Fsp3) is 0.0714. The number of nitrogen functional groups attached to an aromatic ring is 1. The Kier molecular flexibility index (Phi) is 2.11. The molecule has 1 heterocycles. The number of anilines is 1. The molecule has 3 rings (SSSR count). The van der Waals surface area contributed by atoms with Crippen LogP contribution in [-0.2, 0) is 7.05 Å². The Balaban J connectivity index is 2.34. The van der Waals surface area contributed by atoms with Crippen molar-refractivity contribution in [2.45, 2.75) is 0 Å². The summed E-state index contributed by atoms with van der Waals surface area (Å²) >= 11 is 0. The molecule has 0 atom stereocenters. The zero-order chi connectivity index (χ0) is 11.8. The summed E-state index contributed by atoms with van der Waals surface area (Å²) in [5.41, 5.74) is 7.96. The second kappa shape index (κ2) is 3.63. The lowest BCUT2D eigenvalue weighted by Crippen LogP contribution is -1.96. The Morgan fingerprint density at radius 3 is 2.59 bits per heavy atom. The Labute approximate surface area is 99.5 Å². The SMILES string of the molecule is Cn1cnc(-c2cccc3ccccc23)c1N. The van der Waals surface area contributed by atoms with E-state index in [0.29, 0.717) is 5.82 Å². The van der Waals surface area contributed by atoms with Gasteiger partial charge < -0.3 is 10.3 Å². The quantitative estimate of drug-likeness (QED) is 0.689. The van der Waals surface area contributed by atoms with E-state index in [1.807, 2.05) is 29.8 Å². The number of hydrogen-bond donors (Lipinski definition) is 1. The van der Waals surface area contributed by atoms with Gasteiger partial charge in [-0.15, -0.1) is 0 Å². The molecule has 84 valence electrons. The van der Waals surface area contributed by atoms with Crippen molar-refractivity contribution in [3.8, 4) is 11.3 Å². The third kappa shape index (κ3) is 1.47. The number of nitrogens with zero attached hydrogens (tertiary/aromatic N) is 2. The number of imidazole rings is 1. The van der Waals surface area contributed by atoms with Crippen LogP contribution < -0.4 is 5.73 Å².